The highest BCUT2D eigenvalue weighted by Crippen LogP contribution is 2.50. The molecule has 0 aromatic heterocycles. The van der Waals surface area contributed by atoms with Crippen LogP contribution in [0.15, 0.2) is 119 Å². The van der Waals surface area contributed by atoms with Crippen LogP contribution in [0.1, 0.15) is 105 Å². The van der Waals surface area contributed by atoms with Gasteiger partial charge in [0.25, 0.3) is 23.5 Å². The fourth-order valence-corrected chi connectivity index (χ4v) is 10.7. The minimum atomic E-state index is -3.08. The molecule has 5 bridgehead atoms. The van der Waals surface area contributed by atoms with E-state index >= 15 is 4.39 Å². The van der Waals surface area contributed by atoms with Gasteiger partial charge in [-0.2, -0.15) is 0 Å². The van der Waals surface area contributed by atoms with E-state index in [0.29, 0.717) is 19.3 Å². The van der Waals surface area contributed by atoms with Crippen LogP contribution in [0, 0.1) is 30.4 Å². The molecule has 84 heavy (non-hydrogen) atoms. The number of anilines is 3. The average Bonchev–Trinajstić information content (AvgIpc) is 1.55. The summed E-state index contributed by atoms with van der Waals surface area (Å²) in [5.41, 5.74) is -1.91. The number of halogens is 2. The molecule has 5 aromatic carbocycles. The van der Waals surface area contributed by atoms with Crippen LogP contribution >= 0.6 is 0 Å². The molecule has 0 radical (unpaired) electrons. The smallest absolute Gasteiger partial charge is 0.312 e. The molecule has 1 fully saturated rings. The molecule has 5 aliphatic heterocycles. The van der Waals surface area contributed by atoms with Gasteiger partial charge in [-0.1, -0.05) is 74.5 Å². The number of hydrogen-bond donors (Lipinski definition) is 9. The Bertz CT molecular complexity index is 3620. The number of benzene rings is 5. The molecule has 22 heteroatoms. The fourth-order valence-electron chi connectivity index (χ4n) is 10.7. The molecule has 20 nitrogen and oxygen atoms in total. The zero-order chi connectivity index (χ0) is 61.0. The summed E-state index contributed by atoms with van der Waals surface area (Å²) in [5.74, 6) is -12.5. The molecule has 0 saturated carbocycles. The van der Waals surface area contributed by atoms with Crippen LogP contribution in [0.5, 0.6) is 17.2 Å². The van der Waals surface area contributed by atoms with Crippen molar-refractivity contribution < 1.29 is 77.6 Å². The molecular formula is C62H68F2N6O14. The molecule has 1 saturated heterocycles. The number of aliphatic hydroxyl groups is 4. The molecule has 4 unspecified atom stereocenters. The van der Waals surface area contributed by atoms with Crippen molar-refractivity contribution in [3.8, 4) is 17.2 Å². The van der Waals surface area contributed by atoms with Gasteiger partial charge in [0.1, 0.15) is 40.3 Å². The van der Waals surface area contributed by atoms with Crippen LogP contribution in [0.25, 0.3) is 10.8 Å². The van der Waals surface area contributed by atoms with Crippen molar-refractivity contribution in [1.82, 2.24) is 5.32 Å². The van der Waals surface area contributed by atoms with Gasteiger partial charge in [0, 0.05) is 75.4 Å². The number of hydrogen-bond acceptors (Lipinski definition) is 17. The highest BCUT2D eigenvalue weighted by atomic mass is 19.1. The maximum Gasteiger partial charge on any atom is 0.312 e. The van der Waals surface area contributed by atoms with Crippen LogP contribution in [0.2, 0.25) is 0 Å². The second-order valence-corrected chi connectivity index (χ2v) is 21.5. The van der Waals surface area contributed by atoms with Crippen LogP contribution < -0.4 is 36.3 Å². The molecular weight excluding hydrogens is 1090 g/mol. The third-order valence-electron chi connectivity index (χ3n) is 15.5. The molecule has 444 valence electrons. The van der Waals surface area contributed by atoms with Gasteiger partial charge in [0.15, 0.2) is 17.5 Å². The van der Waals surface area contributed by atoms with Crippen molar-refractivity contribution in [3.05, 3.63) is 154 Å². The van der Waals surface area contributed by atoms with Crippen LogP contribution in [0.4, 0.5) is 25.8 Å². The van der Waals surface area contributed by atoms with Crippen LogP contribution in [0.3, 0.4) is 0 Å². The molecule has 9 N–H and O–H groups in total. The number of aliphatic hydroxyl groups excluding tert-OH is 2. The van der Waals surface area contributed by atoms with Gasteiger partial charge >= 0.3 is 11.8 Å². The van der Waals surface area contributed by atoms with Gasteiger partial charge in [0.2, 0.25) is 5.79 Å². The first-order valence-corrected chi connectivity index (χ1v) is 27.4. The Kier molecular flexibility index (Phi) is 18.4. The van der Waals surface area contributed by atoms with Gasteiger partial charge in [-0.3, -0.25) is 34.0 Å². The number of Topliss-reactive ketones (excluding diaryl/α,β-unsaturated/α-hetero) is 1. The first-order valence-electron chi connectivity index (χ1n) is 27.4. The summed E-state index contributed by atoms with van der Waals surface area (Å²) >= 11 is 0. The molecule has 6 atom stereocenters. The maximum absolute atomic E-state index is 15.2. The number of phenolic OH excluding ortho intramolecular Hbond substituents is 2. The van der Waals surface area contributed by atoms with Crippen molar-refractivity contribution in [2.45, 2.75) is 116 Å². The van der Waals surface area contributed by atoms with Crippen LogP contribution in [-0.2, 0) is 29.6 Å². The maximum atomic E-state index is 15.2. The Morgan fingerprint density at radius 1 is 0.917 bits per heavy atom. The van der Waals surface area contributed by atoms with E-state index in [-0.39, 0.29) is 111 Å². The second-order valence-electron chi connectivity index (χ2n) is 21.5. The Balaban J connectivity index is 0.00000455. The van der Waals surface area contributed by atoms with Gasteiger partial charge < -0.3 is 65.7 Å². The summed E-state index contributed by atoms with van der Waals surface area (Å²) < 4.78 is 48.0. The van der Waals surface area contributed by atoms with Crippen molar-refractivity contribution >= 4 is 57.3 Å². The lowest BCUT2D eigenvalue weighted by Crippen LogP contribution is -2.57. The van der Waals surface area contributed by atoms with E-state index in [4.69, 9.17) is 29.3 Å². The number of rotatable bonds is 8. The van der Waals surface area contributed by atoms with Crippen molar-refractivity contribution in [2.24, 2.45) is 21.8 Å². The van der Waals surface area contributed by atoms with Crippen molar-refractivity contribution in [3.63, 3.8) is 0 Å². The number of carbonyl (C=O) groups is 5. The van der Waals surface area contributed by atoms with Gasteiger partial charge in [0.05, 0.1) is 45.6 Å². The van der Waals surface area contributed by atoms with E-state index in [0.717, 1.165) is 31.4 Å². The van der Waals surface area contributed by atoms with E-state index in [9.17, 15) is 53.9 Å². The van der Waals surface area contributed by atoms with Gasteiger partial charge in [-0.15, -0.1) is 0 Å². The number of nitrogens with zero attached hydrogens (tertiary/aromatic N) is 3. The number of piperidine rings is 1. The number of fused-ring (bicyclic) bond motifs is 13. The third-order valence-corrected chi connectivity index (χ3v) is 15.5. The minimum absolute atomic E-state index is 0.00566. The molecule has 0 aliphatic carbocycles. The largest absolute Gasteiger partial charge is 0.507 e. The first-order chi connectivity index (χ1) is 39.9. The Morgan fingerprint density at radius 3 is 2.29 bits per heavy atom. The molecule has 1 spiro atoms. The fraction of sp³-hybridized carbons (Fsp3) is 0.371. The summed E-state index contributed by atoms with van der Waals surface area (Å²) in [6.07, 6.45) is 8.29. The van der Waals surface area contributed by atoms with E-state index in [1.807, 2.05) is 19.9 Å². The third kappa shape index (κ3) is 12.5. The summed E-state index contributed by atoms with van der Waals surface area (Å²) in [7, 11) is 1.00. The van der Waals surface area contributed by atoms with Crippen LogP contribution in [-0.4, -0.2) is 110 Å². The van der Waals surface area contributed by atoms with E-state index in [1.54, 1.807) is 36.1 Å². The normalized spacial score (nSPS) is 23.2. The average molecular weight is 1160 g/mol. The molecule has 5 aromatic rings. The summed E-state index contributed by atoms with van der Waals surface area (Å²) in [4.78, 5) is 81.0. The Hall–Kier alpha value is -8.57. The lowest BCUT2D eigenvalue weighted by atomic mass is 9.92. The highest BCUT2D eigenvalue weighted by molar-refractivity contribution is 6.19. The van der Waals surface area contributed by atoms with E-state index in [1.165, 1.54) is 69.5 Å². The second kappa shape index (κ2) is 25.1. The summed E-state index contributed by atoms with van der Waals surface area (Å²) in [6.45, 7) is 9.77. The number of carbonyl (C=O) groups excluding carboxylic acids is 5. The number of phenols is 2. The zero-order valence-electron chi connectivity index (χ0n) is 47.4. The van der Waals surface area contributed by atoms with Gasteiger partial charge in [-0.25, -0.2) is 8.78 Å². The number of nitrogens with one attached hydrogen (secondary N) is 3. The Labute approximate surface area is 482 Å². The van der Waals surface area contributed by atoms with E-state index in [2.05, 4.69) is 16.0 Å². The zero-order valence-corrected chi connectivity index (χ0v) is 47.4. The molecule has 3 amide bonds. The predicted octanol–water partition coefficient (Wildman–Crippen LogP) is 6.67. The number of ether oxygens (including phenoxy) is 3. The molecule has 5 heterocycles. The van der Waals surface area contributed by atoms with E-state index < -0.39 is 93.7 Å². The molecule has 5 aliphatic rings. The first kappa shape index (κ1) is 61.5. The number of ketones is 1. The number of esters is 1. The summed E-state index contributed by atoms with van der Waals surface area (Å²) in [6, 6.07) is 13.4. The minimum Gasteiger partial charge on any atom is -0.507 e. The molecule has 10 rings (SSSR count). The summed E-state index contributed by atoms with van der Waals surface area (Å²) in [5, 5.41) is 72.9. The van der Waals surface area contributed by atoms with Gasteiger partial charge in [-0.05, 0) is 81.4 Å². The topological polar surface area (TPSA) is 298 Å². The Morgan fingerprint density at radius 2 is 1.60 bits per heavy atom. The predicted molar refractivity (Wildman–Crippen MR) is 305 cm³/mol. The number of aromatic hydroxyl groups is 2. The number of allylic oxidation sites excluding steroid dienone is 4. The SMILES string of the molecule is CC(=O)OC1CC(O)CCC(C)/C=C/C=C(/C)C(=O)Nc2c(O)c3c(O)c(C)c4c(c3c3c2=NC2(CCN(c5ccc(F)cc5NC(=O)C(NC(=O)c5ccccc5F)C(O)(O)c5ccccc5)CC2)N=3)C(=O)[C@](C)(O/C=C/C[C@H]1C)O4.CO. The van der Waals surface area contributed by atoms with Crippen molar-refractivity contribution in [2.75, 3.05) is 35.7 Å². The lowest BCUT2D eigenvalue weighted by molar-refractivity contribution is -0.191. The standard InChI is InChI=1S/C61H64F2N6O13.CH4O/c1-32-14-12-15-34(3)56(75)65-50-49-48(45-46(52(50)73)51(72)35(4)53-47(45)55(74)59(6,82-53)80-29-13-16-33(2)44(81-36(5)70)31-39(71)23-21-32)67-60(68-49)25-27-69(28-26-60)43-24-22-38(62)30-42(43)64-58(77)54(61(78,79)37-17-8-7-9-18-37)66-57(76)40-19-10-11-20-41(40)63;1-2/h7-15,17-20,22,24,29-30,32-33,39,44,54,71-73,78-79H,16,21,23,25-28,31H2,1-6H3,(H,64,77)(H,65,75)(H,66,76);2H,1H3/b14-12+,29-13+,34-15-;/t32?,33-,39?,44?,54?,59-;/m1./s1. The lowest BCUT2D eigenvalue weighted by Gasteiger charge is -2.38. The highest BCUT2D eigenvalue weighted by Gasteiger charge is 2.50. The monoisotopic (exact) mass is 1160 g/mol. The quantitative estimate of drug-likeness (QED) is 0.0445. The van der Waals surface area contributed by atoms with Crippen molar-refractivity contribution in [1.29, 1.82) is 0 Å². The number of amides is 3.